The van der Waals surface area contributed by atoms with Crippen LogP contribution in [0.4, 0.5) is 0 Å². The lowest BCUT2D eigenvalue weighted by Gasteiger charge is -2.42. The Kier molecular flexibility index (Phi) is 8.94. The molecule has 182 valence electrons. The van der Waals surface area contributed by atoms with Crippen molar-refractivity contribution in [3.8, 4) is 0 Å². The number of esters is 1. The first-order chi connectivity index (χ1) is 15.4. The number of hydrogen-bond acceptors (Lipinski definition) is 7. The van der Waals surface area contributed by atoms with Crippen molar-refractivity contribution in [1.29, 1.82) is 0 Å². The Labute approximate surface area is 194 Å². The minimum Gasteiger partial charge on any atom is -0.461 e. The van der Waals surface area contributed by atoms with Crippen LogP contribution in [0, 0.1) is 11.3 Å². The number of nitrogens with one attached hydrogen (secondary N) is 1. The molecule has 8 nitrogen and oxygen atoms in total. The SMILES string of the molecule is CC1=CC[C@H](O)/C=C\C(C)=C\C(NC(=O)[C@@H](C)O)[C@]2(C)C(=O)O[C@H](C[C@H](O)C=C1)[C@@H](C)C2=O. The molecule has 1 amide bonds. The topological polar surface area (TPSA) is 133 Å². The van der Waals surface area contributed by atoms with Crippen molar-refractivity contribution in [1.82, 2.24) is 5.32 Å². The van der Waals surface area contributed by atoms with E-state index in [2.05, 4.69) is 5.32 Å². The molecule has 1 unspecified atom stereocenters. The zero-order valence-electron chi connectivity index (χ0n) is 19.8. The summed E-state index contributed by atoms with van der Waals surface area (Å²) in [5.41, 5.74) is -0.292. The van der Waals surface area contributed by atoms with Crippen LogP contribution in [0.25, 0.3) is 0 Å². The molecule has 3 aliphatic rings. The number of carbonyl (C=O) groups is 3. The van der Waals surface area contributed by atoms with E-state index in [1.54, 1.807) is 44.2 Å². The molecule has 1 aliphatic carbocycles. The molecule has 0 aromatic heterocycles. The van der Waals surface area contributed by atoms with Gasteiger partial charge in [0.1, 0.15) is 17.6 Å². The molecular formula is C25H35NO7. The summed E-state index contributed by atoms with van der Waals surface area (Å²) in [4.78, 5) is 38.9. The van der Waals surface area contributed by atoms with E-state index >= 15 is 0 Å². The van der Waals surface area contributed by atoms with Crippen LogP contribution >= 0.6 is 0 Å². The quantitative estimate of drug-likeness (QED) is 0.362. The van der Waals surface area contributed by atoms with E-state index in [-0.39, 0.29) is 6.42 Å². The lowest BCUT2D eigenvalue weighted by Crippen LogP contribution is -2.61. The van der Waals surface area contributed by atoms with Gasteiger partial charge in [0.2, 0.25) is 5.91 Å². The van der Waals surface area contributed by atoms with Gasteiger partial charge in [0.25, 0.3) is 0 Å². The summed E-state index contributed by atoms with van der Waals surface area (Å²) in [6, 6.07) is -1.09. The highest BCUT2D eigenvalue weighted by Gasteiger charge is 2.56. The number of ether oxygens (including phenoxy) is 1. The zero-order valence-corrected chi connectivity index (χ0v) is 19.8. The minimum absolute atomic E-state index is 0.0439. The van der Waals surface area contributed by atoms with Crippen LogP contribution < -0.4 is 5.32 Å². The van der Waals surface area contributed by atoms with Gasteiger partial charge in [-0.1, -0.05) is 54.5 Å². The number of amides is 1. The van der Waals surface area contributed by atoms with Crippen LogP contribution in [-0.2, 0) is 19.1 Å². The third kappa shape index (κ3) is 6.50. The van der Waals surface area contributed by atoms with E-state index in [0.717, 1.165) is 5.57 Å². The second-order valence-corrected chi connectivity index (χ2v) is 9.14. The third-order valence-corrected chi connectivity index (χ3v) is 6.21. The molecule has 3 rings (SSSR count). The highest BCUT2D eigenvalue weighted by molar-refractivity contribution is 6.08. The molecule has 0 radical (unpaired) electrons. The fourth-order valence-electron chi connectivity index (χ4n) is 3.88. The fraction of sp³-hybridized carbons (Fsp3) is 0.560. The van der Waals surface area contributed by atoms with Gasteiger partial charge in [-0.05, 0) is 34.1 Å². The van der Waals surface area contributed by atoms with Crippen LogP contribution in [0.5, 0.6) is 0 Å². The Hall–Kier alpha value is -2.55. The van der Waals surface area contributed by atoms with Gasteiger partial charge in [-0.2, -0.15) is 0 Å². The van der Waals surface area contributed by atoms with Gasteiger partial charge in [-0.3, -0.25) is 14.4 Å². The van der Waals surface area contributed by atoms with Crippen LogP contribution in [0.3, 0.4) is 0 Å². The van der Waals surface area contributed by atoms with Crippen LogP contribution in [0.2, 0.25) is 0 Å². The molecule has 33 heavy (non-hydrogen) atoms. The molecule has 2 aliphatic heterocycles. The summed E-state index contributed by atoms with van der Waals surface area (Å²) in [5, 5.41) is 32.9. The van der Waals surface area contributed by atoms with Gasteiger partial charge >= 0.3 is 5.97 Å². The third-order valence-electron chi connectivity index (χ3n) is 6.21. The number of aliphatic hydroxyl groups excluding tert-OH is 3. The summed E-state index contributed by atoms with van der Waals surface area (Å²) in [5.74, 6) is -2.70. The van der Waals surface area contributed by atoms with Crippen LogP contribution in [0.15, 0.2) is 47.6 Å². The number of rotatable bonds is 2. The summed E-state index contributed by atoms with van der Waals surface area (Å²) < 4.78 is 5.61. The van der Waals surface area contributed by atoms with Crippen LogP contribution in [0.1, 0.15) is 47.5 Å². The highest BCUT2D eigenvalue weighted by atomic mass is 16.5. The monoisotopic (exact) mass is 461 g/mol. The van der Waals surface area contributed by atoms with Gasteiger partial charge in [0.05, 0.1) is 24.2 Å². The van der Waals surface area contributed by atoms with Crippen molar-refractivity contribution in [2.75, 3.05) is 0 Å². The standard InChI is InChI=1S/C25H35NO7/c1-14-6-9-18(28)10-8-15(2)12-21(26-23(31)17(4)27)25(5)22(30)16(3)20(33-24(25)32)13-19(29)11-7-14/h6-8,10-12,16-21,27-29H,9,13H2,1-5H3,(H,26,31)/b10-8-,11-7?,14-6?,15-12+/t16-,17-,18+,19-,20-,21?,25+/m1/s1. The maximum Gasteiger partial charge on any atom is 0.322 e. The Morgan fingerprint density at radius 3 is 2.39 bits per heavy atom. The first-order valence-corrected chi connectivity index (χ1v) is 11.2. The lowest BCUT2D eigenvalue weighted by molar-refractivity contribution is -0.181. The predicted molar refractivity (Wildman–Crippen MR) is 123 cm³/mol. The second kappa shape index (κ2) is 11.0. The number of aliphatic hydroxyl groups is 3. The average Bonchev–Trinajstić information content (AvgIpc) is 2.75. The van der Waals surface area contributed by atoms with E-state index in [1.165, 1.54) is 13.8 Å². The Bertz CT molecular complexity index is 885. The summed E-state index contributed by atoms with van der Waals surface area (Å²) in [7, 11) is 0. The molecule has 4 N–H and O–H groups in total. The Morgan fingerprint density at radius 1 is 1.15 bits per heavy atom. The maximum absolute atomic E-state index is 13.5. The summed E-state index contributed by atoms with van der Waals surface area (Å²) in [6.07, 6.45) is 6.38. The van der Waals surface area contributed by atoms with Crippen LogP contribution in [-0.4, -0.2) is 63.4 Å². The fourth-order valence-corrected chi connectivity index (χ4v) is 3.88. The molecule has 0 saturated carbocycles. The molecule has 0 aromatic carbocycles. The van der Waals surface area contributed by atoms with Crippen molar-refractivity contribution >= 4 is 17.7 Å². The highest BCUT2D eigenvalue weighted by Crippen LogP contribution is 2.38. The van der Waals surface area contributed by atoms with Crippen molar-refractivity contribution in [2.45, 2.75) is 77.9 Å². The number of ketones is 1. The molecule has 8 heteroatoms. The maximum atomic E-state index is 13.5. The van der Waals surface area contributed by atoms with Gasteiger partial charge in [-0.25, -0.2) is 0 Å². The molecule has 2 heterocycles. The predicted octanol–water partition coefficient (Wildman–Crippen LogP) is 1.51. The number of Topliss-reactive ketones (excluding diaryl/α,β-unsaturated/α-hetero) is 1. The molecular weight excluding hydrogens is 426 g/mol. The molecule has 0 aromatic rings. The van der Waals surface area contributed by atoms with Gasteiger partial charge in [0.15, 0.2) is 5.78 Å². The summed E-state index contributed by atoms with van der Waals surface area (Å²) in [6.45, 7) is 7.89. The normalized spacial score (nSPS) is 37.3. The number of carbonyl (C=O) groups excluding carboxylic acids is 3. The zero-order chi connectivity index (χ0) is 24.9. The minimum atomic E-state index is -1.74. The molecule has 2 bridgehead atoms. The smallest absolute Gasteiger partial charge is 0.322 e. The van der Waals surface area contributed by atoms with E-state index in [1.807, 2.05) is 13.0 Å². The molecule has 1 saturated heterocycles. The van der Waals surface area contributed by atoms with Crippen molar-refractivity contribution in [2.24, 2.45) is 11.3 Å². The molecule has 0 spiro atoms. The van der Waals surface area contributed by atoms with E-state index in [0.29, 0.717) is 12.0 Å². The Balaban J connectivity index is 2.56. The van der Waals surface area contributed by atoms with Crippen molar-refractivity contribution < 1.29 is 34.4 Å². The van der Waals surface area contributed by atoms with Crippen molar-refractivity contribution in [3.63, 3.8) is 0 Å². The average molecular weight is 462 g/mol. The van der Waals surface area contributed by atoms with E-state index in [9.17, 15) is 29.7 Å². The Morgan fingerprint density at radius 2 is 1.76 bits per heavy atom. The van der Waals surface area contributed by atoms with Gasteiger partial charge in [-0.15, -0.1) is 0 Å². The molecule has 7 atom stereocenters. The second-order valence-electron chi connectivity index (χ2n) is 9.14. The van der Waals surface area contributed by atoms with E-state index < -0.39 is 59.5 Å². The molecule has 1 fully saturated rings. The van der Waals surface area contributed by atoms with Crippen molar-refractivity contribution in [3.05, 3.63) is 47.6 Å². The van der Waals surface area contributed by atoms with E-state index in [4.69, 9.17) is 4.74 Å². The first-order valence-electron chi connectivity index (χ1n) is 11.2. The number of allylic oxidation sites excluding steroid dienone is 4. The van der Waals surface area contributed by atoms with Gasteiger partial charge in [0, 0.05) is 6.42 Å². The summed E-state index contributed by atoms with van der Waals surface area (Å²) >= 11 is 0. The largest absolute Gasteiger partial charge is 0.461 e. The number of fused-ring (bicyclic) bond motifs is 10. The van der Waals surface area contributed by atoms with Gasteiger partial charge < -0.3 is 25.4 Å². The first kappa shape index (κ1) is 26.7. The number of hydrogen-bond donors (Lipinski definition) is 4. The lowest BCUT2D eigenvalue weighted by atomic mass is 9.69.